The van der Waals surface area contributed by atoms with Crippen molar-refractivity contribution >= 4 is 63.7 Å². The lowest BCUT2D eigenvalue weighted by atomic mass is 9.94. The number of anilines is 2. The van der Waals surface area contributed by atoms with Crippen LogP contribution in [0.15, 0.2) is 54.7 Å². The number of esters is 1. The number of hydrogen-bond donors (Lipinski definition) is 0. The van der Waals surface area contributed by atoms with Crippen LogP contribution >= 0.6 is 46.4 Å². The fourth-order valence-electron chi connectivity index (χ4n) is 5.90. The average molecular weight is 809 g/mol. The minimum Gasteiger partial charge on any atom is -0.497 e. The lowest BCUT2D eigenvalue weighted by Crippen LogP contribution is -2.47. The van der Waals surface area contributed by atoms with E-state index in [1.54, 1.807) is 38.3 Å². The summed E-state index contributed by atoms with van der Waals surface area (Å²) in [5.74, 6) is 2.46. The monoisotopic (exact) mass is 806 g/mol. The van der Waals surface area contributed by atoms with Crippen LogP contribution in [0.2, 0.25) is 20.6 Å². The lowest BCUT2D eigenvalue weighted by molar-refractivity contribution is 0.0525. The third kappa shape index (κ3) is 12.3. The van der Waals surface area contributed by atoms with E-state index in [1.807, 2.05) is 24.3 Å². The Bertz CT molecular complexity index is 1740. The fourth-order valence-corrected chi connectivity index (χ4v) is 6.61. The Morgan fingerprint density at radius 3 is 1.92 bits per heavy atom. The van der Waals surface area contributed by atoms with Crippen molar-refractivity contribution in [3.05, 3.63) is 80.9 Å². The molecular formula is C36H42Cl4N8O5. The van der Waals surface area contributed by atoms with E-state index in [2.05, 4.69) is 40.1 Å². The smallest absolute Gasteiger partial charge is 0.339 e. The van der Waals surface area contributed by atoms with E-state index in [9.17, 15) is 4.79 Å². The Hall–Kier alpha value is -3.88. The zero-order valence-electron chi connectivity index (χ0n) is 29.6. The first kappa shape index (κ1) is 40.3. The van der Waals surface area contributed by atoms with Crippen LogP contribution in [0.1, 0.15) is 36.5 Å². The number of piperidine rings is 1. The number of piperazine rings is 1. The number of rotatable bonds is 13. The predicted molar refractivity (Wildman–Crippen MR) is 206 cm³/mol. The molecule has 2 aliphatic heterocycles. The van der Waals surface area contributed by atoms with E-state index in [4.69, 9.17) is 65.4 Å². The third-order valence-electron chi connectivity index (χ3n) is 8.83. The highest BCUT2D eigenvalue weighted by molar-refractivity contribution is 6.34. The van der Waals surface area contributed by atoms with E-state index in [0.717, 1.165) is 94.6 Å². The molecule has 4 aromatic rings. The molecule has 0 radical (unpaired) electrons. The third-order valence-corrected chi connectivity index (χ3v) is 9.74. The van der Waals surface area contributed by atoms with E-state index in [-0.39, 0.29) is 5.97 Å². The van der Waals surface area contributed by atoms with Crippen LogP contribution < -0.4 is 24.0 Å². The maximum atomic E-state index is 11.6. The number of halogens is 4. The van der Waals surface area contributed by atoms with Crippen molar-refractivity contribution in [1.29, 1.82) is 0 Å². The van der Waals surface area contributed by atoms with E-state index in [0.29, 0.717) is 51.2 Å². The summed E-state index contributed by atoms with van der Waals surface area (Å²) in [6, 6.07) is 14.5. The van der Waals surface area contributed by atoms with Gasteiger partial charge in [-0.15, -0.1) is 20.4 Å². The van der Waals surface area contributed by atoms with Crippen molar-refractivity contribution in [2.75, 3.05) is 82.5 Å². The van der Waals surface area contributed by atoms with Crippen LogP contribution in [0.3, 0.4) is 0 Å². The van der Waals surface area contributed by atoms with Gasteiger partial charge in [0.1, 0.15) is 18.1 Å². The molecule has 13 nitrogen and oxygen atoms in total. The van der Waals surface area contributed by atoms with E-state index < -0.39 is 0 Å². The quantitative estimate of drug-likeness (QED) is 0.128. The molecular weight excluding hydrogens is 766 g/mol. The molecule has 2 fully saturated rings. The predicted octanol–water partition coefficient (Wildman–Crippen LogP) is 7.03. The number of pyridine rings is 1. The van der Waals surface area contributed by atoms with Crippen LogP contribution in [-0.2, 0) is 4.74 Å². The van der Waals surface area contributed by atoms with Crippen LogP contribution in [0.4, 0.5) is 11.4 Å². The molecule has 1 aromatic carbocycles. The Balaban J connectivity index is 0.000000206. The molecule has 0 spiro atoms. The first-order valence-electron chi connectivity index (χ1n) is 17.3. The highest BCUT2D eigenvalue weighted by Gasteiger charge is 2.23. The lowest BCUT2D eigenvalue weighted by Gasteiger charge is -2.36. The molecule has 0 N–H and O–H groups in total. The maximum absolute atomic E-state index is 11.6. The molecule has 2 saturated heterocycles. The zero-order chi connectivity index (χ0) is 37.6. The Kier molecular flexibility index (Phi) is 15.6. The fraction of sp³-hybridized carbons (Fsp3) is 0.444. The molecule has 0 saturated carbocycles. The van der Waals surface area contributed by atoms with Gasteiger partial charge in [-0.25, -0.2) is 9.78 Å². The summed E-state index contributed by atoms with van der Waals surface area (Å²) in [6.45, 7) is 9.35. The van der Waals surface area contributed by atoms with Crippen molar-refractivity contribution in [2.45, 2.75) is 26.2 Å². The van der Waals surface area contributed by atoms with Gasteiger partial charge >= 0.3 is 5.97 Å². The molecule has 0 bridgehead atoms. The number of benzene rings is 1. The van der Waals surface area contributed by atoms with Gasteiger partial charge in [0.2, 0.25) is 5.88 Å². The molecule has 0 unspecified atom stereocenters. The summed E-state index contributed by atoms with van der Waals surface area (Å²) in [7, 11) is 1.66. The molecule has 284 valence electrons. The highest BCUT2D eigenvalue weighted by atomic mass is 35.5. The topological polar surface area (TPSA) is 128 Å². The van der Waals surface area contributed by atoms with Gasteiger partial charge in [0, 0.05) is 70.2 Å². The number of aromatic nitrogens is 5. The van der Waals surface area contributed by atoms with Gasteiger partial charge in [-0.3, -0.25) is 4.90 Å². The highest BCUT2D eigenvalue weighted by Crippen LogP contribution is 2.31. The van der Waals surface area contributed by atoms with Gasteiger partial charge in [-0.2, -0.15) is 0 Å². The summed E-state index contributed by atoms with van der Waals surface area (Å²) in [5, 5.41) is 16.7. The van der Waals surface area contributed by atoms with Gasteiger partial charge in [0.25, 0.3) is 0 Å². The summed E-state index contributed by atoms with van der Waals surface area (Å²) in [5.41, 5.74) is 2.09. The van der Waals surface area contributed by atoms with Gasteiger partial charge in [-0.05, 0) is 62.4 Å². The maximum Gasteiger partial charge on any atom is 0.339 e. The number of carbonyl (C=O) groups excluding carboxylic acids is 1. The minimum atomic E-state index is -0.384. The molecule has 0 amide bonds. The summed E-state index contributed by atoms with van der Waals surface area (Å²) >= 11 is 24.1. The molecule has 0 aliphatic carbocycles. The number of hydrogen-bond acceptors (Lipinski definition) is 13. The SMILES string of the molecule is CCOC(=O)c1ccc(OCCN2CCN(c3cc(Cl)nnc3Cl)CC2)nc1.COc1ccc(OCCC2CCN(c3cc(Cl)nnc3Cl)CC2)cc1. The van der Waals surface area contributed by atoms with Crippen molar-refractivity contribution in [2.24, 2.45) is 5.92 Å². The Morgan fingerprint density at radius 1 is 0.755 bits per heavy atom. The molecule has 17 heteroatoms. The molecule has 6 rings (SSSR count). The first-order valence-corrected chi connectivity index (χ1v) is 18.9. The van der Waals surface area contributed by atoms with Crippen LogP contribution in [0.5, 0.6) is 17.4 Å². The second kappa shape index (κ2) is 20.5. The van der Waals surface area contributed by atoms with Crippen molar-refractivity contribution < 1.29 is 23.7 Å². The number of ether oxygens (including phenoxy) is 4. The molecule has 2 aliphatic rings. The summed E-state index contributed by atoms with van der Waals surface area (Å²) in [6.07, 6.45) is 4.71. The normalized spacial score (nSPS) is 15.0. The van der Waals surface area contributed by atoms with Crippen LogP contribution in [0, 0.1) is 5.92 Å². The van der Waals surface area contributed by atoms with Gasteiger partial charge in [-0.1, -0.05) is 46.4 Å². The van der Waals surface area contributed by atoms with Crippen LogP contribution in [-0.4, -0.2) is 109 Å². The second-order valence-electron chi connectivity index (χ2n) is 12.2. The number of methoxy groups -OCH3 is 1. The summed E-state index contributed by atoms with van der Waals surface area (Å²) in [4.78, 5) is 22.4. The summed E-state index contributed by atoms with van der Waals surface area (Å²) < 4.78 is 21.6. The Labute approximate surface area is 329 Å². The zero-order valence-corrected chi connectivity index (χ0v) is 32.6. The van der Waals surface area contributed by atoms with E-state index >= 15 is 0 Å². The van der Waals surface area contributed by atoms with E-state index in [1.165, 1.54) is 6.20 Å². The molecule has 53 heavy (non-hydrogen) atoms. The van der Waals surface area contributed by atoms with Gasteiger partial charge in [0.15, 0.2) is 20.6 Å². The van der Waals surface area contributed by atoms with Crippen LogP contribution in [0.25, 0.3) is 0 Å². The average Bonchev–Trinajstić information content (AvgIpc) is 3.18. The first-order chi connectivity index (χ1) is 25.7. The van der Waals surface area contributed by atoms with Crippen molar-refractivity contribution in [3.8, 4) is 17.4 Å². The van der Waals surface area contributed by atoms with Crippen molar-refractivity contribution in [3.63, 3.8) is 0 Å². The molecule has 3 aromatic heterocycles. The van der Waals surface area contributed by atoms with Gasteiger partial charge < -0.3 is 28.7 Å². The number of nitrogens with zero attached hydrogens (tertiary/aromatic N) is 8. The standard InChI is InChI=1S/C18H21Cl2N5O3.C18H21Cl2N3O2/c1-2-27-18(26)13-3-4-16(21-12-13)28-10-9-24-5-7-25(8-6-24)14-11-15(19)22-23-17(14)20;1-24-14-2-4-15(5-3-14)25-11-8-13-6-9-23(10-7-13)16-12-17(19)21-22-18(16)20/h3-4,11-12H,2,5-10H2,1H3;2-5,12-13H,6-11H2,1H3. The number of carbonyl (C=O) groups is 1. The molecule has 5 heterocycles. The molecule has 0 atom stereocenters. The Morgan fingerprint density at radius 2 is 1.36 bits per heavy atom. The minimum absolute atomic E-state index is 0.330. The second-order valence-corrected chi connectivity index (χ2v) is 13.7. The van der Waals surface area contributed by atoms with Gasteiger partial charge in [0.05, 0.1) is 37.3 Å². The van der Waals surface area contributed by atoms with Crippen molar-refractivity contribution in [1.82, 2.24) is 30.3 Å². The largest absolute Gasteiger partial charge is 0.497 e.